The molecule has 1 fully saturated rings. The minimum absolute atomic E-state index is 0.0904. The summed E-state index contributed by atoms with van der Waals surface area (Å²) in [4.78, 5) is 25.1. The van der Waals surface area contributed by atoms with Gasteiger partial charge in [-0.3, -0.25) is 0 Å². The molecule has 4 aliphatic rings. The summed E-state index contributed by atoms with van der Waals surface area (Å²) in [7, 11) is 2.69. The molecule has 0 aromatic heterocycles. The molecule has 1 aliphatic heterocycles. The molecule has 1 aromatic rings. The van der Waals surface area contributed by atoms with Crippen molar-refractivity contribution in [3.05, 3.63) is 41.5 Å². The van der Waals surface area contributed by atoms with Gasteiger partial charge in [-0.15, -0.1) is 0 Å². The van der Waals surface area contributed by atoms with Gasteiger partial charge in [0.25, 0.3) is 0 Å². The first-order valence-corrected chi connectivity index (χ1v) is 8.83. The second kappa shape index (κ2) is 6.55. The Labute approximate surface area is 151 Å². The van der Waals surface area contributed by atoms with Crippen molar-refractivity contribution in [3.63, 3.8) is 0 Å². The smallest absolute Gasteiger partial charge is 0.334 e. The highest BCUT2D eigenvalue weighted by Crippen LogP contribution is 2.50. The van der Waals surface area contributed by atoms with Gasteiger partial charge >= 0.3 is 11.9 Å². The number of hydrogen-bond donors (Lipinski definition) is 0. The molecular formula is C19H21N3O4. The van der Waals surface area contributed by atoms with E-state index in [2.05, 4.69) is 10.3 Å². The average Bonchev–Trinajstić information content (AvgIpc) is 2.94. The SMILES string of the molecule is COC(=O)C1=C(C(=O)OC)[C@@H]2CCC[C@H]1[C@H]1[C@@H]2N=NN1c1ccccc1. The van der Waals surface area contributed by atoms with Crippen LogP contribution in [0.2, 0.25) is 0 Å². The molecule has 7 nitrogen and oxygen atoms in total. The third-order valence-corrected chi connectivity index (χ3v) is 5.63. The van der Waals surface area contributed by atoms with Crippen LogP contribution in [0, 0.1) is 11.8 Å². The van der Waals surface area contributed by atoms with Gasteiger partial charge in [-0.2, -0.15) is 5.11 Å². The van der Waals surface area contributed by atoms with E-state index in [4.69, 9.17) is 9.47 Å². The molecule has 0 radical (unpaired) electrons. The van der Waals surface area contributed by atoms with Gasteiger partial charge in [0.2, 0.25) is 0 Å². The first-order chi connectivity index (χ1) is 12.7. The van der Waals surface area contributed by atoms with E-state index < -0.39 is 11.9 Å². The second-order valence-corrected chi connectivity index (χ2v) is 6.82. The molecule has 2 bridgehead atoms. The van der Waals surface area contributed by atoms with Crippen molar-refractivity contribution in [3.8, 4) is 0 Å². The maximum atomic E-state index is 12.6. The number of carbonyl (C=O) groups is 2. The second-order valence-electron chi connectivity index (χ2n) is 6.82. The Morgan fingerprint density at radius 3 is 2.27 bits per heavy atom. The van der Waals surface area contributed by atoms with Gasteiger partial charge in [0.15, 0.2) is 0 Å². The summed E-state index contributed by atoms with van der Waals surface area (Å²) in [5, 5.41) is 10.8. The molecule has 0 spiro atoms. The monoisotopic (exact) mass is 355 g/mol. The Morgan fingerprint density at radius 1 is 1.00 bits per heavy atom. The first-order valence-electron chi connectivity index (χ1n) is 8.83. The van der Waals surface area contributed by atoms with Gasteiger partial charge in [0.1, 0.15) is 6.04 Å². The standard InChI is InChI=1S/C19H21N3O4/c1-25-18(23)14-12-9-6-10-13(15(14)19(24)26-2)17-16(12)20-21-22(17)11-7-4-3-5-8-11/h3-5,7-8,12-13,16-17H,6,9-10H2,1-2H3/t12-,13+,16+,17-/m0/s1. The normalized spacial score (nSPS) is 29.4. The van der Waals surface area contributed by atoms with E-state index in [1.165, 1.54) is 14.2 Å². The average molecular weight is 355 g/mol. The number of anilines is 1. The van der Waals surface area contributed by atoms with Gasteiger partial charge < -0.3 is 9.47 Å². The van der Waals surface area contributed by atoms with E-state index in [0.29, 0.717) is 11.1 Å². The maximum Gasteiger partial charge on any atom is 0.334 e. The van der Waals surface area contributed by atoms with Crippen molar-refractivity contribution in [2.24, 2.45) is 22.2 Å². The van der Waals surface area contributed by atoms with Crippen molar-refractivity contribution in [2.45, 2.75) is 31.3 Å². The fraction of sp³-hybridized carbons (Fsp3) is 0.474. The Morgan fingerprint density at radius 2 is 1.62 bits per heavy atom. The van der Waals surface area contributed by atoms with Crippen LogP contribution in [0.3, 0.4) is 0 Å². The largest absolute Gasteiger partial charge is 0.466 e. The third kappa shape index (κ3) is 2.41. The predicted octanol–water partition coefficient (Wildman–Crippen LogP) is 2.68. The van der Waals surface area contributed by atoms with Crippen LogP contribution >= 0.6 is 0 Å². The Bertz CT molecular complexity index is 789. The fourth-order valence-electron chi connectivity index (χ4n) is 4.59. The van der Waals surface area contributed by atoms with Crippen LogP contribution in [0.5, 0.6) is 0 Å². The van der Waals surface area contributed by atoms with Crippen LogP contribution in [0.25, 0.3) is 0 Å². The molecule has 3 aliphatic carbocycles. The molecule has 4 atom stereocenters. The van der Waals surface area contributed by atoms with Crippen LogP contribution in [0.15, 0.2) is 51.8 Å². The summed E-state index contributed by atoms with van der Waals surface area (Å²) < 4.78 is 10.0. The quantitative estimate of drug-likeness (QED) is 0.779. The minimum Gasteiger partial charge on any atom is -0.466 e. The van der Waals surface area contributed by atoms with E-state index in [9.17, 15) is 9.59 Å². The van der Waals surface area contributed by atoms with Crippen LogP contribution < -0.4 is 5.01 Å². The van der Waals surface area contributed by atoms with Crippen molar-refractivity contribution in [2.75, 3.05) is 19.2 Å². The summed E-state index contributed by atoms with van der Waals surface area (Å²) >= 11 is 0. The van der Waals surface area contributed by atoms with E-state index in [1.54, 1.807) is 0 Å². The molecule has 0 amide bonds. The van der Waals surface area contributed by atoms with E-state index in [1.807, 2.05) is 35.3 Å². The topological polar surface area (TPSA) is 80.6 Å². The number of methoxy groups -OCH3 is 2. The van der Waals surface area contributed by atoms with Crippen LogP contribution in [-0.4, -0.2) is 38.2 Å². The summed E-state index contributed by atoms with van der Waals surface area (Å²) in [6.07, 6.45) is 2.49. The van der Waals surface area contributed by atoms with E-state index in [0.717, 1.165) is 24.9 Å². The van der Waals surface area contributed by atoms with Crippen LogP contribution in [-0.2, 0) is 19.1 Å². The molecule has 0 saturated heterocycles. The molecule has 0 N–H and O–H groups in total. The third-order valence-electron chi connectivity index (χ3n) is 5.63. The highest BCUT2D eigenvalue weighted by atomic mass is 16.5. The van der Waals surface area contributed by atoms with Gasteiger partial charge in [-0.05, 0) is 25.0 Å². The molecular weight excluding hydrogens is 334 g/mol. The fourth-order valence-corrected chi connectivity index (χ4v) is 4.59. The summed E-state index contributed by atoms with van der Waals surface area (Å²) in [5.41, 5.74) is 1.80. The van der Waals surface area contributed by atoms with Crippen molar-refractivity contribution >= 4 is 17.6 Å². The Kier molecular flexibility index (Phi) is 4.22. The highest BCUT2D eigenvalue weighted by molar-refractivity contribution is 6.02. The number of hydrogen-bond acceptors (Lipinski definition) is 7. The molecule has 1 saturated carbocycles. The number of ether oxygens (including phenoxy) is 2. The summed E-state index contributed by atoms with van der Waals surface area (Å²) in [6.45, 7) is 0. The lowest BCUT2D eigenvalue weighted by Crippen LogP contribution is -2.50. The van der Waals surface area contributed by atoms with Gasteiger partial charge in [0, 0.05) is 11.8 Å². The minimum atomic E-state index is -0.464. The zero-order chi connectivity index (χ0) is 18.3. The van der Waals surface area contributed by atoms with Crippen LogP contribution in [0.1, 0.15) is 19.3 Å². The molecule has 5 rings (SSSR count). The number of carbonyl (C=O) groups excluding carboxylic acids is 2. The summed E-state index contributed by atoms with van der Waals surface area (Å²) in [6, 6.07) is 9.54. The Balaban J connectivity index is 1.84. The molecule has 136 valence electrons. The predicted molar refractivity (Wildman–Crippen MR) is 93.2 cm³/mol. The van der Waals surface area contributed by atoms with Gasteiger partial charge in [0.05, 0.1) is 37.1 Å². The lowest BCUT2D eigenvalue weighted by atomic mass is 9.71. The lowest BCUT2D eigenvalue weighted by molar-refractivity contribution is -0.140. The zero-order valence-electron chi connectivity index (χ0n) is 14.8. The molecule has 1 heterocycles. The van der Waals surface area contributed by atoms with Gasteiger partial charge in [-0.1, -0.05) is 29.8 Å². The van der Waals surface area contributed by atoms with Gasteiger partial charge in [-0.25, -0.2) is 14.6 Å². The maximum absolute atomic E-state index is 12.6. The number of para-hydroxylation sites is 1. The van der Waals surface area contributed by atoms with Crippen molar-refractivity contribution < 1.29 is 19.1 Å². The molecule has 26 heavy (non-hydrogen) atoms. The molecule has 1 aromatic carbocycles. The Hall–Kier alpha value is -2.70. The number of nitrogens with zero attached hydrogens (tertiary/aromatic N) is 3. The van der Waals surface area contributed by atoms with Crippen LogP contribution in [0.4, 0.5) is 5.69 Å². The highest BCUT2D eigenvalue weighted by Gasteiger charge is 2.55. The van der Waals surface area contributed by atoms with E-state index >= 15 is 0 Å². The van der Waals surface area contributed by atoms with Crippen molar-refractivity contribution in [1.29, 1.82) is 0 Å². The van der Waals surface area contributed by atoms with E-state index in [-0.39, 0.29) is 23.9 Å². The molecule has 0 unspecified atom stereocenters. The first kappa shape index (κ1) is 16.8. The lowest BCUT2D eigenvalue weighted by Gasteiger charge is -2.38. The zero-order valence-corrected chi connectivity index (χ0v) is 14.8. The number of fused-ring (bicyclic) bond motifs is 2. The summed E-state index contributed by atoms with van der Waals surface area (Å²) in [5.74, 6) is -1.27. The molecule has 7 heteroatoms. The number of rotatable bonds is 3. The number of esters is 2. The van der Waals surface area contributed by atoms with Crippen molar-refractivity contribution in [1.82, 2.24) is 0 Å². The number of benzene rings is 1.